The van der Waals surface area contributed by atoms with Gasteiger partial charge in [0.1, 0.15) is 22.9 Å². The van der Waals surface area contributed by atoms with Gasteiger partial charge in [0.25, 0.3) is 0 Å². The summed E-state index contributed by atoms with van der Waals surface area (Å²) in [6.45, 7) is 18.8. The van der Waals surface area contributed by atoms with Crippen molar-refractivity contribution in [2.45, 2.75) is 105 Å². The summed E-state index contributed by atoms with van der Waals surface area (Å²) in [5.74, 6) is 7.98. The molecule has 1 aliphatic rings. The van der Waals surface area contributed by atoms with Gasteiger partial charge in [0.2, 0.25) is 0 Å². The number of rotatable bonds is 7. The standard InChI is InChI=1S/C41H47N7O4.C2H6/c1-8-19-47(38(49)51-40(2,3)4)26-36-43-24-34(45-36)31-22-30-18-15-28(21-32(30)42-23-31)12-11-27-13-16-29(17-14-27)33-25-44-37(46-33)35-10-9-20-48(35)39(50)52-41(5,6)7;1-2/h13-18,21-25,35H,8-10,19-20,26H2,1-7H3,(H,43,45)(H,44,46);1-2H3/t35-;/m0./s1. The summed E-state index contributed by atoms with van der Waals surface area (Å²) in [5, 5.41) is 0.982. The fourth-order valence-corrected chi connectivity index (χ4v) is 6.07. The second-order valence-corrected chi connectivity index (χ2v) is 15.1. The fraction of sp³-hybridized carbons (Fsp3) is 0.419. The highest BCUT2D eigenvalue weighted by atomic mass is 16.6. The largest absolute Gasteiger partial charge is 0.444 e. The Bertz CT molecular complexity index is 2110. The third-order valence-corrected chi connectivity index (χ3v) is 8.45. The molecule has 284 valence electrons. The van der Waals surface area contributed by atoms with E-state index in [0.29, 0.717) is 25.5 Å². The molecule has 1 saturated heterocycles. The van der Waals surface area contributed by atoms with Crippen molar-refractivity contribution >= 4 is 23.1 Å². The van der Waals surface area contributed by atoms with Crippen LogP contribution in [0.25, 0.3) is 33.4 Å². The van der Waals surface area contributed by atoms with Crippen molar-refractivity contribution in [2.75, 3.05) is 13.1 Å². The minimum Gasteiger partial charge on any atom is -0.444 e. The van der Waals surface area contributed by atoms with Crippen LogP contribution in [0, 0.1) is 11.8 Å². The summed E-state index contributed by atoms with van der Waals surface area (Å²) >= 11 is 0. The van der Waals surface area contributed by atoms with E-state index in [4.69, 9.17) is 14.5 Å². The fourth-order valence-electron chi connectivity index (χ4n) is 6.07. The van der Waals surface area contributed by atoms with Crippen molar-refractivity contribution in [3.63, 3.8) is 0 Å². The molecule has 2 N–H and O–H groups in total. The maximum atomic E-state index is 12.8. The van der Waals surface area contributed by atoms with Crippen LogP contribution in [0.4, 0.5) is 9.59 Å². The number of aromatic amines is 2. The molecule has 4 heterocycles. The predicted molar refractivity (Wildman–Crippen MR) is 213 cm³/mol. The van der Waals surface area contributed by atoms with Crippen LogP contribution in [-0.2, 0) is 16.0 Å². The number of aromatic nitrogens is 5. The van der Waals surface area contributed by atoms with Gasteiger partial charge in [-0.2, -0.15) is 0 Å². The van der Waals surface area contributed by atoms with E-state index in [1.807, 2.05) is 117 Å². The molecule has 1 atom stereocenters. The maximum absolute atomic E-state index is 12.8. The number of benzene rings is 2. The van der Waals surface area contributed by atoms with E-state index in [-0.39, 0.29) is 18.2 Å². The molecule has 11 nitrogen and oxygen atoms in total. The van der Waals surface area contributed by atoms with E-state index < -0.39 is 11.2 Å². The van der Waals surface area contributed by atoms with Gasteiger partial charge in [-0.05, 0) is 96.7 Å². The van der Waals surface area contributed by atoms with Crippen molar-refractivity contribution < 1.29 is 19.1 Å². The highest BCUT2D eigenvalue weighted by molar-refractivity contribution is 5.84. The topological polar surface area (TPSA) is 129 Å². The Morgan fingerprint density at radius 3 is 2.20 bits per heavy atom. The van der Waals surface area contributed by atoms with E-state index in [0.717, 1.165) is 69.6 Å². The van der Waals surface area contributed by atoms with Gasteiger partial charge in [-0.1, -0.05) is 50.8 Å². The molecular weight excluding hydrogens is 679 g/mol. The number of fused-ring (bicyclic) bond motifs is 1. The molecule has 1 fully saturated rings. The summed E-state index contributed by atoms with van der Waals surface area (Å²) < 4.78 is 11.2. The summed E-state index contributed by atoms with van der Waals surface area (Å²) in [6.07, 6.45) is 7.30. The second-order valence-electron chi connectivity index (χ2n) is 15.1. The van der Waals surface area contributed by atoms with Crippen LogP contribution in [0.15, 0.2) is 67.1 Å². The van der Waals surface area contributed by atoms with Crippen LogP contribution >= 0.6 is 0 Å². The number of likely N-dealkylation sites (tertiary alicyclic amines) is 1. The van der Waals surface area contributed by atoms with Crippen LogP contribution in [-0.4, -0.2) is 71.2 Å². The van der Waals surface area contributed by atoms with E-state index in [9.17, 15) is 9.59 Å². The lowest BCUT2D eigenvalue weighted by atomic mass is 10.1. The molecule has 0 unspecified atom stereocenters. The summed E-state index contributed by atoms with van der Waals surface area (Å²) in [4.78, 5) is 49.5. The van der Waals surface area contributed by atoms with Crippen LogP contribution in [0.5, 0.6) is 0 Å². The molecule has 5 aromatic rings. The average molecular weight is 732 g/mol. The molecule has 54 heavy (non-hydrogen) atoms. The molecule has 1 aliphatic heterocycles. The van der Waals surface area contributed by atoms with E-state index in [1.165, 1.54) is 0 Å². The molecule has 0 radical (unpaired) electrons. The Morgan fingerprint density at radius 2 is 1.50 bits per heavy atom. The number of hydrogen-bond acceptors (Lipinski definition) is 7. The molecule has 0 spiro atoms. The quantitative estimate of drug-likeness (QED) is 0.160. The first-order valence-corrected chi connectivity index (χ1v) is 18.8. The minimum atomic E-state index is -0.566. The summed E-state index contributed by atoms with van der Waals surface area (Å²) in [6, 6.07) is 16.0. The lowest BCUT2D eigenvalue weighted by Crippen LogP contribution is -2.37. The summed E-state index contributed by atoms with van der Waals surface area (Å²) in [7, 11) is 0. The number of carbonyl (C=O) groups excluding carboxylic acids is 2. The number of ether oxygens (including phenoxy) is 2. The molecule has 0 aliphatic carbocycles. The number of hydrogen-bond donors (Lipinski definition) is 2. The number of nitrogens with one attached hydrogen (secondary N) is 2. The lowest BCUT2D eigenvalue weighted by molar-refractivity contribution is 0.0212. The number of H-pyrrole nitrogens is 2. The van der Waals surface area contributed by atoms with Crippen molar-refractivity contribution in [2.24, 2.45) is 0 Å². The second kappa shape index (κ2) is 17.0. The summed E-state index contributed by atoms with van der Waals surface area (Å²) in [5.41, 5.74) is 5.08. The zero-order valence-electron chi connectivity index (χ0n) is 33.0. The van der Waals surface area contributed by atoms with E-state index >= 15 is 0 Å². The Balaban J connectivity index is 0.00000276. The third-order valence-electron chi connectivity index (χ3n) is 8.45. The first-order chi connectivity index (χ1) is 25.7. The highest BCUT2D eigenvalue weighted by Crippen LogP contribution is 2.33. The average Bonchev–Trinajstić information content (AvgIpc) is 3.92. The molecule has 6 rings (SSSR count). The van der Waals surface area contributed by atoms with Gasteiger partial charge in [-0.25, -0.2) is 19.6 Å². The number of carbonyl (C=O) groups is 2. The monoisotopic (exact) mass is 731 g/mol. The highest BCUT2D eigenvalue weighted by Gasteiger charge is 2.35. The number of imidazole rings is 2. The van der Waals surface area contributed by atoms with E-state index in [1.54, 1.807) is 16.0 Å². The van der Waals surface area contributed by atoms with Crippen LogP contribution < -0.4 is 0 Å². The van der Waals surface area contributed by atoms with Gasteiger partial charge in [0.05, 0.1) is 41.9 Å². The predicted octanol–water partition coefficient (Wildman–Crippen LogP) is 9.66. The molecule has 2 amide bonds. The maximum Gasteiger partial charge on any atom is 0.410 e. The first kappa shape index (κ1) is 39.6. The normalized spacial score (nSPS) is 14.2. The SMILES string of the molecule is CC.CCCN(Cc1ncc(-c2cnc3cc(C#Cc4ccc(-c5cnc([C@@H]6CCCN6C(=O)OC(C)(C)C)[nH]5)cc4)ccc3c2)[nH]1)C(=O)OC(C)(C)C. The van der Waals surface area contributed by atoms with Gasteiger partial charge in [-0.3, -0.25) is 9.88 Å². The van der Waals surface area contributed by atoms with Gasteiger partial charge < -0.3 is 24.3 Å². The molecule has 2 aromatic carbocycles. The molecular formula is C43H53N7O4. The number of nitrogens with zero attached hydrogens (tertiary/aromatic N) is 5. The van der Waals surface area contributed by atoms with Crippen molar-refractivity contribution in [1.29, 1.82) is 0 Å². The zero-order chi connectivity index (χ0) is 39.0. The number of pyridine rings is 1. The zero-order valence-corrected chi connectivity index (χ0v) is 33.0. The smallest absolute Gasteiger partial charge is 0.410 e. The van der Waals surface area contributed by atoms with Gasteiger partial charge >= 0.3 is 12.2 Å². The Labute approximate surface area is 318 Å². The minimum absolute atomic E-state index is 0.130. The van der Waals surface area contributed by atoms with Gasteiger partial charge in [0.15, 0.2) is 0 Å². The molecule has 11 heteroatoms. The third kappa shape index (κ3) is 10.3. The van der Waals surface area contributed by atoms with E-state index in [2.05, 4.69) is 37.8 Å². The van der Waals surface area contributed by atoms with Gasteiger partial charge in [-0.15, -0.1) is 0 Å². The Kier molecular flexibility index (Phi) is 12.5. The molecule has 3 aromatic heterocycles. The first-order valence-electron chi connectivity index (χ1n) is 18.8. The Morgan fingerprint density at radius 1 is 0.833 bits per heavy atom. The van der Waals surface area contributed by atoms with Crippen molar-refractivity contribution in [3.8, 4) is 34.4 Å². The number of amides is 2. The van der Waals surface area contributed by atoms with Crippen molar-refractivity contribution in [3.05, 3.63) is 89.9 Å². The Hall–Kier alpha value is -5.63. The van der Waals surface area contributed by atoms with Crippen LogP contribution in [0.3, 0.4) is 0 Å². The molecule has 0 saturated carbocycles. The van der Waals surface area contributed by atoms with Crippen molar-refractivity contribution in [1.82, 2.24) is 34.7 Å². The molecule has 0 bridgehead atoms. The van der Waals surface area contributed by atoms with Crippen LogP contribution in [0.1, 0.15) is 110 Å². The lowest BCUT2D eigenvalue weighted by Gasteiger charge is -2.27. The van der Waals surface area contributed by atoms with Gasteiger partial charge in [0, 0.05) is 41.4 Å². The van der Waals surface area contributed by atoms with Crippen LogP contribution in [0.2, 0.25) is 0 Å².